The summed E-state index contributed by atoms with van der Waals surface area (Å²) in [5, 5.41) is 18.3. The summed E-state index contributed by atoms with van der Waals surface area (Å²) in [5.41, 5.74) is 0. The van der Waals surface area contributed by atoms with Gasteiger partial charge in [-0.15, -0.1) is 0 Å². The highest BCUT2D eigenvalue weighted by molar-refractivity contribution is 6.74. The molecule has 0 amide bonds. The molecule has 1 saturated heterocycles. The fourth-order valence-electron chi connectivity index (χ4n) is 1.91. The lowest BCUT2D eigenvalue weighted by Crippen LogP contribution is -2.48. The average molecular weight is 314 g/mol. The molecule has 0 spiro atoms. The molecule has 1 unspecified atom stereocenters. The van der Waals surface area contributed by atoms with Crippen molar-refractivity contribution in [3.8, 4) is 11.8 Å². The molecule has 3 atom stereocenters. The lowest BCUT2D eigenvalue weighted by molar-refractivity contribution is -0.0372. The molecule has 1 fully saturated rings. The molecule has 4 nitrogen and oxygen atoms in total. The van der Waals surface area contributed by atoms with Crippen molar-refractivity contribution in [3.63, 3.8) is 0 Å². The minimum absolute atomic E-state index is 0.0124. The van der Waals surface area contributed by atoms with E-state index < -0.39 is 14.4 Å². The Balaban J connectivity index is 2.69. The Bertz CT molecular complexity index is 378. The van der Waals surface area contributed by atoms with Crippen LogP contribution >= 0.6 is 0 Å². The maximum Gasteiger partial charge on any atom is 0.192 e. The van der Waals surface area contributed by atoms with E-state index in [-0.39, 0.29) is 30.3 Å². The topological polar surface area (TPSA) is 58.9 Å². The first kappa shape index (κ1) is 18.7. The van der Waals surface area contributed by atoms with Gasteiger partial charge in [-0.2, -0.15) is 0 Å². The zero-order valence-electron chi connectivity index (χ0n) is 14.0. The summed E-state index contributed by atoms with van der Waals surface area (Å²) in [7, 11) is -1.84. The highest BCUT2D eigenvalue weighted by Gasteiger charge is 2.41. The lowest BCUT2D eigenvalue weighted by Gasteiger charge is -2.41. The van der Waals surface area contributed by atoms with Crippen LogP contribution in [-0.4, -0.2) is 50.1 Å². The van der Waals surface area contributed by atoms with Gasteiger partial charge in [0.2, 0.25) is 0 Å². The van der Waals surface area contributed by atoms with Crippen LogP contribution in [0.5, 0.6) is 0 Å². The monoisotopic (exact) mass is 314 g/mol. The van der Waals surface area contributed by atoms with Crippen molar-refractivity contribution >= 4 is 8.32 Å². The van der Waals surface area contributed by atoms with Crippen LogP contribution in [0.4, 0.5) is 0 Å². The van der Waals surface area contributed by atoms with Crippen LogP contribution in [0.2, 0.25) is 18.1 Å². The molecule has 0 radical (unpaired) electrons. The van der Waals surface area contributed by atoms with E-state index in [1.54, 1.807) is 0 Å². The first-order chi connectivity index (χ1) is 9.67. The van der Waals surface area contributed by atoms with Gasteiger partial charge in [0.1, 0.15) is 6.10 Å². The minimum Gasteiger partial charge on any atom is -0.410 e. The summed E-state index contributed by atoms with van der Waals surface area (Å²) in [5.74, 6) is 5.98. The van der Waals surface area contributed by atoms with Crippen LogP contribution in [0, 0.1) is 11.8 Å². The number of aliphatic hydroxyl groups excluding tert-OH is 2. The molecule has 0 saturated carbocycles. The Kier molecular flexibility index (Phi) is 6.89. The number of hydrogen-bond acceptors (Lipinski definition) is 4. The van der Waals surface area contributed by atoms with Crippen LogP contribution in [-0.2, 0) is 9.16 Å². The first-order valence-electron chi connectivity index (χ1n) is 7.74. The molecule has 2 N–H and O–H groups in total. The van der Waals surface area contributed by atoms with Crippen molar-refractivity contribution in [2.75, 3.05) is 13.2 Å². The Hall–Kier alpha value is -0.383. The number of rotatable bonds is 4. The molecular weight excluding hydrogens is 284 g/mol. The van der Waals surface area contributed by atoms with Gasteiger partial charge in [-0.3, -0.25) is 0 Å². The Morgan fingerprint density at radius 2 is 2.05 bits per heavy atom. The third kappa shape index (κ3) is 5.72. The number of aliphatic hydroxyl groups is 2. The van der Waals surface area contributed by atoms with E-state index >= 15 is 0 Å². The summed E-state index contributed by atoms with van der Waals surface area (Å²) in [4.78, 5) is 0. The Morgan fingerprint density at radius 1 is 1.38 bits per heavy atom. The van der Waals surface area contributed by atoms with Gasteiger partial charge >= 0.3 is 0 Å². The number of ether oxygens (including phenoxy) is 1. The molecule has 1 heterocycles. The predicted molar refractivity (Wildman–Crippen MR) is 86.5 cm³/mol. The quantitative estimate of drug-likeness (QED) is 0.617. The smallest absolute Gasteiger partial charge is 0.192 e. The van der Waals surface area contributed by atoms with Crippen molar-refractivity contribution < 1.29 is 19.4 Å². The Labute approximate surface area is 130 Å². The largest absolute Gasteiger partial charge is 0.410 e. The van der Waals surface area contributed by atoms with E-state index in [0.29, 0.717) is 6.61 Å². The van der Waals surface area contributed by atoms with Gasteiger partial charge in [0, 0.05) is 13.0 Å². The van der Waals surface area contributed by atoms with Gasteiger partial charge in [-0.25, -0.2) is 0 Å². The molecule has 21 heavy (non-hydrogen) atoms. The van der Waals surface area contributed by atoms with E-state index in [0.717, 1.165) is 12.8 Å². The van der Waals surface area contributed by atoms with Crippen molar-refractivity contribution in [1.29, 1.82) is 0 Å². The molecule has 0 aromatic heterocycles. The molecule has 1 aliphatic rings. The molecule has 0 aromatic rings. The van der Waals surface area contributed by atoms with Gasteiger partial charge in [0.05, 0.1) is 18.8 Å². The lowest BCUT2D eigenvalue weighted by atomic mass is 10.1. The zero-order chi connectivity index (χ0) is 16.1. The van der Waals surface area contributed by atoms with Crippen molar-refractivity contribution in [2.24, 2.45) is 0 Å². The van der Waals surface area contributed by atoms with Crippen LogP contribution in [0.1, 0.15) is 40.0 Å². The van der Waals surface area contributed by atoms with Gasteiger partial charge in [0.25, 0.3) is 0 Å². The molecule has 0 aromatic carbocycles. The van der Waals surface area contributed by atoms with E-state index in [1.807, 2.05) is 0 Å². The molecule has 1 rings (SSSR count). The second kappa shape index (κ2) is 7.75. The summed E-state index contributed by atoms with van der Waals surface area (Å²) >= 11 is 0. The molecular formula is C16H30O4Si. The standard InChI is InChI=1S/C16H30O4Si/c1-16(2,3)21(4,5)20-15-10-7-11-19-14(15)9-6-8-13(18)12-17/h13-15,17-18H,7-8,10-12H2,1-5H3/t13?,14-,15+/m1/s1. The maximum atomic E-state index is 9.33. The SMILES string of the molecule is CC(C)(C)[Si](C)(C)O[C@H]1CCCO[C@@H]1C#CCC(O)CO. The summed E-state index contributed by atoms with van der Waals surface area (Å²) < 4.78 is 12.2. The first-order valence-corrected chi connectivity index (χ1v) is 10.6. The average Bonchev–Trinajstić information content (AvgIpc) is 2.38. The summed E-state index contributed by atoms with van der Waals surface area (Å²) in [6.07, 6.45) is 1.24. The van der Waals surface area contributed by atoms with Crippen molar-refractivity contribution in [1.82, 2.24) is 0 Å². The van der Waals surface area contributed by atoms with Gasteiger partial charge < -0.3 is 19.4 Å². The van der Waals surface area contributed by atoms with Gasteiger partial charge in [-0.05, 0) is 31.0 Å². The highest BCUT2D eigenvalue weighted by Crippen LogP contribution is 2.38. The van der Waals surface area contributed by atoms with E-state index in [4.69, 9.17) is 14.3 Å². The van der Waals surface area contributed by atoms with Crippen molar-refractivity contribution in [3.05, 3.63) is 0 Å². The maximum absolute atomic E-state index is 9.33. The molecule has 0 aliphatic carbocycles. The zero-order valence-corrected chi connectivity index (χ0v) is 15.0. The summed E-state index contributed by atoms with van der Waals surface area (Å²) in [6.45, 7) is 11.6. The second-order valence-electron chi connectivity index (χ2n) is 7.21. The van der Waals surface area contributed by atoms with E-state index in [2.05, 4.69) is 45.7 Å². The number of hydrogen-bond donors (Lipinski definition) is 2. The molecule has 5 heteroatoms. The van der Waals surface area contributed by atoms with E-state index in [1.165, 1.54) is 0 Å². The van der Waals surface area contributed by atoms with Gasteiger partial charge in [-0.1, -0.05) is 32.6 Å². The molecule has 1 aliphatic heterocycles. The fraction of sp³-hybridized carbons (Fsp3) is 0.875. The molecule has 122 valence electrons. The van der Waals surface area contributed by atoms with Crippen LogP contribution in [0.15, 0.2) is 0 Å². The van der Waals surface area contributed by atoms with Crippen LogP contribution < -0.4 is 0 Å². The minimum atomic E-state index is -1.84. The fourth-order valence-corrected chi connectivity index (χ4v) is 3.26. The second-order valence-corrected chi connectivity index (χ2v) is 12.0. The van der Waals surface area contributed by atoms with Gasteiger partial charge in [0.15, 0.2) is 8.32 Å². The third-order valence-corrected chi connectivity index (χ3v) is 8.82. The third-order valence-electron chi connectivity index (χ3n) is 4.31. The van der Waals surface area contributed by atoms with E-state index in [9.17, 15) is 5.11 Å². The van der Waals surface area contributed by atoms with Crippen LogP contribution in [0.25, 0.3) is 0 Å². The highest BCUT2D eigenvalue weighted by atomic mass is 28.4. The Morgan fingerprint density at radius 3 is 2.62 bits per heavy atom. The summed E-state index contributed by atoms with van der Waals surface area (Å²) in [6, 6.07) is 0. The van der Waals surface area contributed by atoms with Crippen molar-refractivity contribution in [2.45, 2.75) is 76.5 Å². The normalized spacial score (nSPS) is 25.1. The molecule has 0 bridgehead atoms. The van der Waals surface area contributed by atoms with Crippen LogP contribution in [0.3, 0.4) is 0 Å². The predicted octanol–water partition coefficient (Wildman–Crippen LogP) is 2.30.